The first kappa shape index (κ1) is 10.8. The van der Waals surface area contributed by atoms with Crippen LogP contribution >= 0.6 is 0 Å². The summed E-state index contributed by atoms with van der Waals surface area (Å²) in [6.45, 7) is 2.02. The molecule has 0 aliphatic heterocycles. The molecule has 0 aliphatic carbocycles. The molecule has 0 spiro atoms. The van der Waals surface area contributed by atoms with E-state index in [1.165, 1.54) is 0 Å². The first-order chi connectivity index (χ1) is 8.77. The van der Waals surface area contributed by atoms with Crippen LogP contribution in [0.2, 0.25) is 0 Å². The molecule has 0 fully saturated rings. The number of benzene rings is 1. The molecule has 0 radical (unpaired) electrons. The van der Waals surface area contributed by atoms with Gasteiger partial charge in [-0.15, -0.1) is 0 Å². The van der Waals surface area contributed by atoms with Crippen LogP contribution in [0, 0.1) is 6.92 Å². The minimum atomic E-state index is 0.953. The number of nitrogens with zero attached hydrogens (tertiary/aromatic N) is 3. The lowest BCUT2D eigenvalue weighted by Gasteiger charge is -2.04. The molecule has 4 heteroatoms. The number of aromatic amines is 1. The SMILES string of the molecule is Cc1[nH]cnc1-c1c(-c2ccccc2)ncn1C. The average molecular weight is 238 g/mol. The molecule has 1 aromatic carbocycles. The zero-order valence-corrected chi connectivity index (χ0v) is 10.4. The second-order valence-electron chi connectivity index (χ2n) is 4.29. The van der Waals surface area contributed by atoms with Gasteiger partial charge < -0.3 is 9.55 Å². The molecule has 3 aromatic rings. The Bertz CT molecular complexity index is 664. The minimum absolute atomic E-state index is 0.953. The molecule has 0 saturated heterocycles. The number of imidazole rings is 2. The average Bonchev–Trinajstić information content (AvgIpc) is 2.96. The summed E-state index contributed by atoms with van der Waals surface area (Å²) >= 11 is 0. The lowest BCUT2D eigenvalue weighted by molar-refractivity contribution is 0.916. The number of hydrogen-bond donors (Lipinski definition) is 1. The van der Waals surface area contributed by atoms with Crippen LogP contribution in [0.4, 0.5) is 0 Å². The Kier molecular flexibility index (Phi) is 2.48. The maximum atomic E-state index is 4.49. The number of aryl methyl sites for hydroxylation is 2. The van der Waals surface area contributed by atoms with Gasteiger partial charge in [-0.05, 0) is 6.92 Å². The Morgan fingerprint density at radius 3 is 2.50 bits per heavy atom. The first-order valence-corrected chi connectivity index (χ1v) is 5.84. The third-order valence-electron chi connectivity index (χ3n) is 3.04. The standard InChI is InChI=1S/C14H14N4/c1-10-12(16-8-15-10)14-13(17-9-18(14)2)11-6-4-3-5-7-11/h3-9H,1-2H3,(H,15,16). The Hall–Kier alpha value is -2.36. The van der Waals surface area contributed by atoms with E-state index in [9.17, 15) is 0 Å². The van der Waals surface area contributed by atoms with Gasteiger partial charge in [-0.3, -0.25) is 0 Å². The molecule has 2 heterocycles. The maximum absolute atomic E-state index is 4.49. The fourth-order valence-corrected chi connectivity index (χ4v) is 2.11. The van der Waals surface area contributed by atoms with Gasteiger partial charge in [0.1, 0.15) is 5.69 Å². The summed E-state index contributed by atoms with van der Waals surface area (Å²) < 4.78 is 2.01. The predicted octanol–water partition coefficient (Wildman–Crippen LogP) is 2.79. The van der Waals surface area contributed by atoms with Crippen molar-refractivity contribution < 1.29 is 0 Å². The monoisotopic (exact) mass is 238 g/mol. The summed E-state index contributed by atoms with van der Waals surface area (Å²) in [5.41, 5.74) is 5.12. The van der Waals surface area contributed by atoms with E-state index in [0.29, 0.717) is 0 Å². The number of aromatic nitrogens is 4. The van der Waals surface area contributed by atoms with Crippen molar-refractivity contribution in [2.24, 2.45) is 7.05 Å². The van der Waals surface area contributed by atoms with E-state index in [2.05, 4.69) is 27.1 Å². The van der Waals surface area contributed by atoms with Gasteiger partial charge in [0.25, 0.3) is 0 Å². The molecule has 90 valence electrons. The molecule has 0 bridgehead atoms. The number of H-pyrrole nitrogens is 1. The van der Waals surface area contributed by atoms with Crippen molar-refractivity contribution in [2.75, 3.05) is 0 Å². The second-order valence-corrected chi connectivity index (χ2v) is 4.29. The van der Waals surface area contributed by atoms with Crippen LogP contribution in [0.3, 0.4) is 0 Å². The maximum Gasteiger partial charge on any atom is 0.110 e. The topological polar surface area (TPSA) is 46.5 Å². The summed E-state index contributed by atoms with van der Waals surface area (Å²) in [5.74, 6) is 0. The van der Waals surface area contributed by atoms with E-state index >= 15 is 0 Å². The molecule has 0 saturated carbocycles. The van der Waals surface area contributed by atoms with Crippen molar-refractivity contribution >= 4 is 0 Å². The zero-order valence-electron chi connectivity index (χ0n) is 10.4. The summed E-state index contributed by atoms with van der Waals surface area (Å²) in [6, 6.07) is 10.2. The third-order valence-corrected chi connectivity index (χ3v) is 3.04. The van der Waals surface area contributed by atoms with Crippen molar-refractivity contribution in [1.82, 2.24) is 19.5 Å². The highest BCUT2D eigenvalue weighted by molar-refractivity contribution is 5.77. The highest BCUT2D eigenvalue weighted by Crippen LogP contribution is 2.30. The van der Waals surface area contributed by atoms with Gasteiger partial charge in [0.05, 0.1) is 24.0 Å². The second kappa shape index (κ2) is 4.14. The molecule has 0 aliphatic rings. The molecular weight excluding hydrogens is 224 g/mol. The van der Waals surface area contributed by atoms with E-state index in [1.54, 1.807) is 6.33 Å². The number of rotatable bonds is 2. The molecular formula is C14H14N4. The first-order valence-electron chi connectivity index (χ1n) is 5.84. The minimum Gasteiger partial charge on any atom is -0.348 e. The Morgan fingerprint density at radius 1 is 1.06 bits per heavy atom. The van der Waals surface area contributed by atoms with Crippen LogP contribution in [0.15, 0.2) is 43.0 Å². The van der Waals surface area contributed by atoms with Gasteiger partial charge in [-0.2, -0.15) is 0 Å². The molecule has 3 rings (SSSR count). The van der Waals surface area contributed by atoms with Gasteiger partial charge in [-0.25, -0.2) is 9.97 Å². The van der Waals surface area contributed by atoms with E-state index < -0.39 is 0 Å². The van der Waals surface area contributed by atoms with Crippen LogP contribution in [0.1, 0.15) is 5.69 Å². The smallest absolute Gasteiger partial charge is 0.110 e. The Labute approximate surface area is 105 Å². The van der Waals surface area contributed by atoms with Crippen LogP contribution in [-0.2, 0) is 7.05 Å². The largest absolute Gasteiger partial charge is 0.348 e. The van der Waals surface area contributed by atoms with Crippen molar-refractivity contribution in [3.63, 3.8) is 0 Å². The Morgan fingerprint density at radius 2 is 1.83 bits per heavy atom. The van der Waals surface area contributed by atoms with Gasteiger partial charge in [0.15, 0.2) is 0 Å². The van der Waals surface area contributed by atoms with Crippen LogP contribution < -0.4 is 0 Å². The van der Waals surface area contributed by atoms with Crippen molar-refractivity contribution in [2.45, 2.75) is 6.92 Å². The van der Waals surface area contributed by atoms with Crippen molar-refractivity contribution in [3.8, 4) is 22.6 Å². The highest BCUT2D eigenvalue weighted by atomic mass is 15.1. The lowest BCUT2D eigenvalue weighted by Crippen LogP contribution is -1.93. The van der Waals surface area contributed by atoms with Crippen LogP contribution in [0.25, 0.3) is 22.6 Å². The van der Waals surface area contributed by atoms with E-state index in [4.69, 9.17) is 0 Å². The Balaban J connectivity index is 2.22. The van der Waals surface area contributed by atoms with Gasteiger partial charge >= 0.3 is 0 Å². The van der Waals surface area contributed by atoms with Crippen molar-refractivity contribution in [3.05, 3.63) is 48.7 Å². The lowest BCUT2D eigenvalue weighted by atomic mass is 10.1. The van der Waals surface area contributed by atoms with Gasteiger partial charge in [0.2, 0.25) is 0 Å². The normalized spacial score (nSPS) is 10.8. The van der Waals surface area contributed by atoms with Gasteiger partial charge in [-0.1, -0.05) is 30.3 Å². The van der Waals surface area contributed by atoms with E-state index in [0.717, 1.165) is 28.3 Å². The summed E-state index contributed by atoms with van der Waals surface area (Å²) in [7, 11) is 1.99. The molecule has 0 unspecified atom stereocenters. The summed E-state index contributed by atoms with van der Waals surface area (Å²) in [4.78, 5) is 12.0. The third kappa shape index (κ3) is 1.62. The summed E-state index contributed by atoms with van der Waals surface area (Å²) in [5, 5.41) is 0. The highest BCUT2D eigenvalue weighted by Gasteiger charge is 2.16. The summed E-state index contributed by atoms with van der Waals surface area (Å²) in [6.07, 6.45) is 3.54. The van der Waals surface area contributed by atoms with Crippen LogP contribution in [0.5, 0.6) is 0 Å². The quantitative estimate of drug-likeness (QED) is 0.746. The number of hydrogen-bond acceptors (Lipinski definition) is 2. The van der Waals surface area contributed by atoms with Gasteiger partial charge in [0, 0.05) is 18.3 Å². The zero-order chi connectivity index (χ0) is 12.5. The van der Waals surface area contributed by atoms with Crippen LogP contribution in [-0.4, -0.2) is 19.5 Å². The van der Waals surface area contributed by atoms with E-state index in [1.807, 2.05) is 43.1 Å². The fourth-order valence-electron chi connectivity index (χ4n) is 2.11. The molecule has 0 amide bonds. The molecule has 1 N–H and O–H groups in total. The van der Waals surface area contributed by atoms with Crippen molar-refractivity contribution in [1.29, 1.82) is 0 Å². The molecule has 0 atom stereocenters. The fraction of sp³-hybridized carbons (Fsp3) is 0.143. The molecule has 18 heavy (non-hydrogen) atoms. The number of nitrogens with one attached hydrogen (secondary N) is 1. The van der Waals surface area contributed by atoms with E-state index in [-0.39, 0.29) is 0 Å². The molecule has 2 aromatic heterocycles. The molecule has 4 nitrogen and oxygen atoms in total. The predicted molar refractivity (Wildman–Crippen MR) is 71.0 cm³/mol.